The van der Waals surface area contributed by atoms with E-state index in [1.54, 1.807) is 0 Å². The predicted octanol–water partition coefficient (Wildman–Crippen LogP) is 2.82. The number of carbonyl (C=O) groups is 2. The van der Waals surface area contributed by atoms with E-state index < -0.39 is 42.6 Å². The fourth-order valence-corrected chi connectivity index (χ4v) is 3.62. The van der Waals surface area contributed by atoms with Crippen LogP contribution in [0, 0.1) is 0 Å². The first kappa shape index (κ1) is 30.1. The van der Waals surface area contributed by atoms with Crippen molar-refractivity contribution in [3.8, 4) is 0 Å². The molecule has 0 spiro atoms. The van der Waals surface area contributed by atoms with E-state index in [1.807, 2.05) is 0 Å². The van der Waals surface area contributed by atoms with E-state index in [4.69, 9.17) is 5.11 Å². The molecule has 0 aromatic rings. The highest BCUT2D eigenvalue weighted by atomic mass is 16.4. The highest BCUT2D eigenvalue weighted by Gasteiger charge is 2.36. The van der Waals surface area contributed by atoms with E-state index in [0.717, 1.165) is 19.3 Å². The van der Waals surface area contributed by atoms with Gasteiger partial charge in [0.05, 0.1) is 6.61 Å². The van der Waals surface area contributed by atoms with E-state index in [1.165, 1.54) is 70.6 Å². The van der Waals surface area contributed by atoms with Crippen LogP contribution in [0.3, 0.4) is 0 Å². The smallest absolute Gasteiger partial charge is 0.229 e. The molecule has 0 saturated carbocycles. The summed E-state index contributed by atoms with van der Waals surface area (Å²) in [5, 5.41) is 46.9. The van der Waals surface area contributed by atoms with Crippen LogP contribution in [0.2, 0.25) is 0 Å². The number of rotatable bonds is 22. The Morgan fingerprint density at radius 1 is 0.613 bits per heavy atom. The first-order valence-corrected chi connectivity index (χ1v) is 12.3. The largest absolute Gasteiger partial charge is 0.394 e. The summed E-state index contributed by atoms with van der Waals surface area (Å²) >= 11 is 0. The third-order valence-corrected chi connectivity index (χ3v) is 5.81. The van der Waals surface area contributed by atoms with Crippen LogP contribution in [-0.4, -0.2) is 68.1 Å². The number of aliphatic hydroxyl groups excluding tert-OH is 5. The molecule has 0 saturated heterocycles. The fourth-order valence-electron chi connectivity index (χ4n) is 3.62. The number of hydrogen-bond acceptors (Lipinski definition) is 7. The van der Waals surface area contributed by atoms with Crippen molar-refractivity contribution in [1.82, 2.24) is 0 Å². The predicted molar refractivity (Wildman–Crippen MR) is 121 cm³/mol. The van der Waals surface area contributed by atoms with Gasteiger partial charge in [0.1, 0.15) is 24.4 Å². The third-order valence-electron chi connectivity index (χ3n) is 5.81. The summed E-state index contributed by atoms with van der Waals surface area (Å²) < 4.78 is 0. The molecule has 0 amide bonds. The lowest BCUT2D eigenvalue weighted by Crippen LogP contribution is -2.50. The lowest BCUT2D eigenvalue weighted by atomic mass is 9.96. The van der Waals surface area contributed by atoms with Crippen LogP contribution in [0.4, 0.5) is 0 Å². The zero-order valence-electron chi connectivity index (χ0n) is 19.4. The molecule has 0 heterocycles. The van der Waals surface area contributed by atoms with E-state index in [2.05, 4.69) is 6.92 Å². The molecule has 4 atom stereocenters. The van der Waals surface area contributed by atoms with Gasteiger partial charge in [0.15, 0.2) is 0 Å². The molecular weight excluding hydrogens is 400 g/mol. The van der Waals surface area contributed by atoms with Crippen LogP contribution in [-0.2, 0) is 9.59 Å². The van der Waals surface area contributed by atoms with Gasteiger partial charge in [0.25, 0.3) is 0 Å². The second-order valence-electron chi connectivity index (χ2n) is 8.66. The fraction of sp³-hybridized carbons (Fsp3) is 0.917. The summed E-state index contributed by atoms with van der Waals surface area (Å²) in [4.78, 5) is 23.7. The van der Waals surface area contributed by atoms with Gasteiger partial charge in [-0.05, 0) is 6.42 Å². The lowest BCUT2D eigenvalue weighted by molar-refractivity contribution is -0.154. The minimum atomic E-state index is -2.11. The van der Waals surface area contributed by atoms with Gasteiger partial charge < -0.3 is 25.5 Å². The maximum atomic E-state index is 11.9. The quantitative estimate of drug-likeness (QED) is 0.127. The van der Waals surface area contributed by atoms with Crippen molar-refractivity contribution >= 4 is 11.6 Å². The van der Waals surface area contributed by atoms with Crippen LogP contribution in [0.15, 0.2) is 0 Å². The van der Waals surface area contributed by atoms with Gasteiger partial charge >= 0.3 is 0 Å². The molecule has 184 valence electrons. The Balaban J connectivity index is 3.65. The monoisotopic (exact) mass is 446 g/mol. The SMILES string of the molecule is CCCCCCCCCCCCCCCCCC(=O)C(=O)C(O)C(O)C(O)C(O)CO. The maximum Gasteiger partial charge on any atom is 0.229 e. The summed E-state index contributed by atoms with van der Waals surface area (Å²) in [5.41, 5.74) is 0. The van der Waals surface area contributed by atoms with E-state index in [-0.39, 0.29) is 6.42 Å². The second kappa shape index (κ2) is 19.8. The third kappa shape index (κ3) is 14.8. The zero-order valence-corrected chi connectivity index (χ0v) is 19.4. The molecule has 0 fully saturated rings. The lowest BCUT2D eigenvalue weighted by Gasteiger charge is -2.24. The Kier molecular flexibility index (Phi) is 19.2. The van der Waals surface area contributed by atoms with Crippen molar-refractivity contribution in [2.45, 2.75) is 134 Å². The highest BCUT2D eigenvalue weighted by molar-refractivity contribution is 6.38. The van der Waals surface area contributed by atoms with Crippen molar-refractivity contribution < 1.29 is 35.1 Å². The maximum absolute atomic E-state index is 11.9. The van der Waals surface area contributed by atoms with Gasteiger partial charge in [-0.2, -0.15) is 0 Å². The standard InChI is InChI=1S/C24H46O7/c1-2-3-4-5-6-7-8-9-10-11-12-13-14-15-16-17-19(26)21(28)23(30)24(31)22(29)20(27)18-25/h20,22-25,27,29-31H,2-18H2,1H3. The molecule has 0 aliphatic carbocycles. The van der Waals surface area contributed by atoms with Crippen molar-refractivity contribution in [2.75, 3.05) is 6.61 Å². The summed E-state index contributed by atoms with van der Waals surface area (Å²) in [6.07, 6.45) is 10.1. The van der Waals surface area contributed by atoms with Crippen molar-refractivity contribution in [2.24, 2.45) is 0 Å². The molecule has 0 aliphatic heterocycles. The average Bonchev–Trinajstić information content (AvgIpc) is 2.78. The van der Waals surface area contributed by atoms with Gasteiger partial charge in [-0.1, -0.05) is 96.8 Å². The van der Waals surface area contributed by atoms with Crippen molar-refractivity contribution in [3.05, 3.63) is 0 Å². The number of unbranched alkanes of at least 4 members (excludes halogenated alkanes) is 14. The van der Waals surface area contributed by atoms with E-state index >= 15 is 0 Å². The molecule has 0 bridgehead atoms. The van der Waals surface area contributed by atoms with Crippen LogP contribution >= 0.6 is 0 Å². The molecule has 0 aromatic carbocycles. The van der Waals surface area contributed by atoms with Crippen molar-refractivity contribution in [1.29, 1.82) is 0 Å². The molecule has 0 aliphatic rings. The second-order valence-corrected chi connectivity index (χ2v) is 8.66. The van der Waals surface area contributed by atoms with Crippen molar-refractivity contribution in [3.63, 3.8) is 0 Å². The molecule has 0 radical (unpaired) electrons. The minimum absolute atomic E-state index is 0.0144. The molecule has 7 nitrogen and oxygen atoms in total. The number of Topliss-reactive ketones (excluding diaryl/α,β-unsaturated/α-hetero) is 2. The highest BCUT2D eigenvalue weighted by Crippen LogP contribution is 2.14. The summed E-state index contributed by atoms with van der Waals surface area (Å²) in [7, 11) is 0. The Bertz CT molecular complexity index is 455. The van der Waals surface area contributed by atoms with Gasteiger partial charge in [-0.25, -0.2) is 0 Å². The van der Waals surface area contributed by atoms with Crippen LogP contribution in [0.1, 0.15) is 110 Å². The topological polar surface area (TPSA) is 135 Å². The Hall–Kier alpha value is -0.860. The molecule has 7 heteroatoms. The van der Waals surface area contributed by atoms with Gasteiger partial charge in [0, 0.05) is 6.42 Å². The molecular formula is C24H46O7. The number of aliphatic hydroxyl groups is 5. The van der Waals surface area contributed by atoms with Gasteiger partial charge in [0.2, 0.25) is 11.6 Å². The van der Waals surface area contributed by atoms with E-state index in [0.29, 0.717) is 6.42 Å². The molecule has 4 unspecified atom stereocenters. The Morgan fingerprint density at radius 3 is 1.39 bits per heavy atom. The van der Waals surface area contributed by atoms with Gasteiger partial charge in [-0.15, -0.1) is 0 Å². The average molecular weight is 447 g/mol. The summed E-state index contributed by atoms with van der Waals surface area (Å²) in [6.45, 7) is 1.40. The molecule has 0 aromatic heterocycles. The Morgan fingerprint density at radius 2 is 1.00 bits per heavy atom. The number of carbonyl (C=O) groups excluding carboxylic acids is 2. The minimum Gasteiger partial charge on any atom is -0.394 e. The number of ketones is 2. The normalized spacial score (nSPS) is 15.4. The summed E-state index contributed by atoms with van der Waals surface area (Å²) in [5.74, 6) is -1.98. The van der Waals surface area contributed by atoms with Gasteiger partial charge in [-0.3, -0.25) is 9.59 Å². The Labute approximate surface area is 187 Å². The molecule has 0 rings (SSSR count). The van der Waals surface area contributed by atoms with Crippen LogP contribution < -0.4 is 0 Å². The first-order valence-electron chi connectivity index (χ1n) is 12.3. The summed E-state index contributed by atoms with van der Waals surface area (Å²) in [6, 6.07) is 0. The van der Waals surface area contributed by atoms with Crippen LogP contribution in [0.25, 0.3) is 0 Å². The first-order chi connectivity index (χ1) is 14.9. The number of hydrogen-bond donors (Lipinski definition) is 5. The molecule has 5 N–H and O–H groups in total. The molecule has 31 heavy (non-hydrogen) atoms. The van der Waals surface area contributed by atoms with Crippen LogP contribution in [0.5, 0.6) is 0 Å². The van der Waals surface area contributed by atoms with E-state index in [9.17, 15) is 30.0 Å². The zero-order chi connectivity index (χ0) is 23.5.